The smallest absolute Gasteiger partial charge is 0.191 e. The molecule has 2 heterocycles. The number of likely N-dealkylation sites (tertiary alicyclic amines) is 1. The molecule has 6 nitrogen and oxygen atoms in total. The van der Waals surface area contributed by atoms with Crippen molar-refractivity contribution in [1.82, 2.24) is 20.5 Å². The Balaban J connectivity index is 1.70. The van der Waals surface area contributed by atoms with Gasteiger partial charge in [0.15, 0.2) is 5.96 Å². The fourth-order valence-electron chi connectivity index (χ4n) is 3.96. The second-order valence-electron chi connectivity index (χ2n) is 7.57. The number of rotatable bonds is 9. The summed E-state index contributed by atoms with van der Waals surface area (Å²) in [6.07, 6.45) is 6.52. The number of methoxy groups -OCH3 is 1. The summed E-state index contributed by atoms with van der Waals surface area (Å²) in [5, 5.41) is 6.83. The van der Waals surface area contributed by atoms with Crippen LogP contribution in [0.25, 0.3) is 0 Å². The molecule has 1 aliphatic heterocycles. The van der Waals surface area contributed by atoms with Crippen molar-refractivity contribution in [3.63, 3.8) is 0 Å². The molecular formula is C24H35N5O. The van der Waals surface area contributed by atoms with E-state index in [0.717, 1.165) is 50.0 Å². The van der Waals surface area contributed by atoms with Gasteiger partial charge in [0.2, 0.25) is 0 Å². The van der Waals surface area contributed by atoms with Gasteiger partial charge in [0.1, 0.15) is 5.75 Å². The molecule has 1 atom stereocenters. The van der Waals surface area contributed by atoms with Crippen LogP contribution in [0.4, 0.5) is 0 Å². The minimum Gasteiger partial charge on any atom is -0.496 e. The van der Waals surface area contributed by atoms with Crippen molar-refractivity contribution in [1.29, 1.82) is 0 Å². The van der Waals surface area contributed by atoms with Gasteiger partial charge < -0.3 is 15.4 Å². The van der Waals surface area contributed by atoms with Crippen molar-refractivity contribution in [2.24, 2.45) is 4.99 Å². The fraction of sp³-hybridized carbons (Fsp3) is 0.500. The maximum Gasteiger partial charge on any atom is 0.191 e. The summed E-state index contributed by atoms with van der Waals surface area (Å²) in [5.41, 5.74) is 2.30. The molecule has 1 aromatic heterocycles. The first-order valence-electron chi connectivity index (χ1n) is 11.1. The van der Waals surface area contributed by atoms with Crippen LogP contribution in [0.5, 0.6) is 5.75 Å². The summed E-state index contributed by atoms with van der Waals surface area (Å²) in [4.78, 5) is 11.9. The largest absolute Gasteiger partial charge is 0.496 e. The number of aromatic nitrogens is 1. The number of hydrogen-bond donors (Lipinski definition) is 2. The minimum absolute atomic E-state index is 0.215. The first-order valence-corrected chi connectivity index (χ1v) is 11.1. The molecule has 1 aliphatic rings. The van der Waals surface area contributed by atoms with Crippen LogP contribution >= 0.6 is 0 Å². The lowest BCUT2D eigenvalue weighted by atomic mass is 10.0. The number of piperidine rings is 1. The SMILES string of the molecule is CCNC(=NCC(c1ccccc1OC)N1CCCCC1)NCCc1ccccn1. The van der Waals surface area contributed by atoms with Crippen LogP contribution < -0.4 is 15.4 Å². The summed E-state index contributed by atoms with van der Waals surface area (Å²) < 4.78 is 5.67. The van der Waals surface area contributed by atoms with Gasteiger partial charge in [-0.05, 0) is 51.1 Å². The Kier molecular flexibility index (Phi) is 8.97. The van der Waals surface area contributed by atoms with E-state index in [1.807, 2.05) is 30.5 Å². The molecule has 2 N–H and O–H groups in total. The quantitative estimate of drug-likeness (QED) is 0.491. The maximum atomic E-state index is 5.67. The molecule has 3 rings (SSSR count). The molecule has 0 radical (unpaired) electrons. The molecule has 1 unspecified atom stereocenters. The molecule has 2 aromatic rings. The number of para-hydroxylation sites is 1. The van der Waals surface area contributed by atoms with E-state index in [9.17, 15) is 0 Å². The molecule has 0 aliphatic carbocycles. The average molecular weight is 410 g/mol. The highest BCUT2D eigenvalue weighted by molar-refractivity contribution is 5.79. The van der Waals surface area contributed by atoms with Crippen LogP contribution in [0.1, 0.15) is 43.5 Å². The normalized spacial score (nSPS) is 16.1. The molecule has 1 aromatic carbocycles. The zero-order chi connectivity index (χ0) is 21.0. The number of aliphatic imine (C=N–C) groups is 1. The Morgan fingerprint density at radius 3 is 2.63 bits per heavy atom. The molecule has 0 bridgehead atoms. The van der Waals surface area contributed by atoms with Gasteiger partial charge in [-0.1, -0.05) is 30.7 Å². The van der Waals surface area contributed by atoms with Crippen LogP contribution in [-0.4, -0.2) is 55.7 Å². The molecular weight excluding hydrogens is 374 g/mol. The predicted molar refractivity (Wildman–Crippen MR) is 123 cm³/mol. The summed E-state index contributed by atoms with van der Waals surface area (Å²) in [6.45, 7) is 6.64. The zero-order valence-corrected chi connectivity index (χ0v) is 18.3. The van der Waals surface area contributed by atoms with Gasteiger partial charge >= 0.3 is 0 Å². The second kappa shape index (κ2) is 12.2. The highest BCUT2D eigenvalue weighted by atomic mass is 16.5. The van der Waals surface area contributed by atoms with E-state index >= 15 is 0 Å². The Morgan fingerprint density at radius 2 is 1.90 bits per heavy atom. The summed E-state index contributed by atoms with van der Waals surface area (Å²) in [7, 11) is 1.75. The highest BCUT2D eigenvalue weighted by Crippen LogP contribution is 2.31. The van der Waals surface area contributed by atoms with Crippen LogP contribution in [-0.2, 0) is 6.42 Å². The lowest BCUT2D eigenvalue weighted by molar-refractivity contribution is 0.165. The predicted octanol–water partition coefficient (Wildman–Crippen LogP) is 3.42. The van der Waals surface area contributed by atoms with E-state index in [1.54, 1.807) is 7.11 Å². The number of hydrogen-bond acceptors (Lipinski definition) is 4. The fourth-order valence-corrected chi connectivity index (χ4v) is 3.96. The topological polar surface area (TPSA) is 61.8 Å². The summed E-state index contributed by atoms with van der Waals surface area (Å²) in [6, 6.07) is 14.6. The molecule has 0 saturated carbocycles. The van der Waals surface area contributed by atoms with Crippen molar-refractivity contribution in [3.05, 3.63) is 59.9 Å². The van der Waals surface area contributed by atoms with Gasteiger partial charge in [0, 0.05) is 37.0 Å². The number of ether oxygens (including phenoxy) is 1. The number of pyridine rings is 1. The van der Waals surface area contributed by atoms with Gasteiger partial charge in [0.25, 0.3) is 0 Å². The first kappa shape index (κ1) is 22.1. The van der Waals surface area contributed by atoms with Gasteiger partial charge in [-0.3, -0.25) is 14.9 Å². The van der Waals surface area contributed by atoms with Gasteiger partial charge in [-0.15, -0.1) is 0 Å². The summed E-state index contributed by atoms with van der Waals surface area (Å²) in [5.74, 6) is 1.79. The first-order chi connectivity index (χ1) is 14.8. The average Bonchev–Trinajstić information content (AvgIpc) is 2.81. The Hall–Kier alpha value is -2.60. The van der Waals surface area contributed by atoms with Crippen molar-refractivity contribution < 1.29 is 4.74 Å². The Bertz CT molecular complexity index is 774. The van der Waals surface area contributed by atoms with E-state index < -0.39 is 0 Å². The van der Waals surface area contributed by atoms with Crippen molar-refractivity contribution >= 4 is 5.96 Å². The van der Waals surface area contributed by atoms with Crippen LogP contribution in [0.15, 0.2) is 53.7 Å². The number of nitrogens with zero attached hydrogens (tertiary/aromatic N) is 3. The molecule has 1 saturated heterocycles. The molecule has 30 heavy (non-hydrogen) atoms. The van der Waals surface area contributed by atoms with E-state index in [2.05, 4.69) is 45.6 Å². The Morgan fingerprint density at radius 1 is 1.10 bits per heavy atom. The zero-order valence-electron chi connectivity index (χ0n) is 18.3. The van der Waals surface area contributed by atoms with Crippen molar-refractivity contribution in [2.45, 2.75) is 38.6 Å². The van der Waals surface area contributed by atoms with Crippen LogP contribution in [0.3, 0.4) is 0 Å². The number of benzene rings is 1. The van der Waals surface area contributed by atoms with Gasteiger partial charge in [-0.25, -0.2) is 0 Å². The monoisotopic (exact) mass is 409 g/mol. The molecule has 0 amide bonds. The maximum absolute atomic E-state index is 5.67. The molecule has 0 spiro atoms. The Labute approximate surface area is 180 Å². The summed E-state index contributed by atoms with van der Waals surface area (Å²) >= 11 is 0. The number of guanidine groups is 1. The third-order valence-corrected chi connectivity index (χ3v) is 5.50. The molecule has 6 heteroatoms. The lowest BCUT2D eigenvalue weighted by Gasteiger charge is -2.34. The third-order valence-electron chi connectivity index (χ3n) is 5.50. The van der Waals surface area contributed by atoms with E-state index in [4.69, 9.17) is 9.73 Å². The standard InChI is InChI=1S/C24H35N5O/c1-3-25-24(27-16-14-20-11-7-8-15-26-20)28-19-22(29-17-9-4-10-18-29)21-12-5-6-13-23(21)30-2/h5-8,11-13,15,22H,3-4,9-10,14,16-19H2,1-2H3,(H2,25,27,28). The number of nitrogens with one attached hydrogen (secondary N) is 2. The van der Waals surface area contributed by atoms with Crippen molar-refractivity contribution in [2.75, 3.05) is 39.8 Å². The van der Waals surface area contributed by atoms with Crippen LogP contribution in [0.2, 0.25) is 0 Å². The lowest BCUT2D eigenvalue weighted by Crippen LogP contribution is -2.40. The van der Waals surface area contributed by atoms with Crippen LogP contribution in [0, 0.1) is 0 Å². The molecule has 1 fully saturated rings. The van der Waals surface area contributed by atoms with Gasteiger partial charge in [0.05, 0.1) is 19.7 Å². The van der Waals surface area contributed by atoms with E-state index in [0.29, 0.717) is 6.54 Å². The second-order valence-corrected chi connectivity index (χ2v) is 7.57. The molecule has 162 valence electrons. The highest BCUT2D eigenvalue weighted by Gasteiger charge is 2.24. The third kappa shape index (κ3) is 6.46. The van der Waals surface area contributed by atoms with Gasteiger partial charge in [-0.2, -0.15) is 0 Å². The van der Waals surface area contributed by atoms with E-state index in [1.165, 1.54) is 24.8 Å². The van der Waals surface area contributed by atoms with E-state index in [-0.39, 0.29) is 6.04 Å². The van der Waals surface area contributed by atoms with Crippen molar-refractivity contribution in [3.8, 4) is 5.75 Å². The minimum atomic E-state index is 0.215.